The highest BCUT2D eigenvalue weighted by Crippen LogP contribution is 2.18. The van der Waals surface area contributed by atoms with Crippen molar-refractivity contribution in [3.05, 3.63) is 22.3 Å². The summed E-state index contributed by atoms with van der Waals surface area (Å²) in [6.45, 7) is 2.59. The van der Waals surface area contributed by atoms with Gasteiger partial charge >= 0.3 is 0 Å². The van der Waals surface area contributed by atoms with Crippen molar-refractivity contribution in [2.75, 3.05) is 13.2 Å². The molecule has 0 amide bonds. The molecule has 0 aromatic carbocycles. The van der Waals surface area contributed by atoms with Gasteiger partial charge in [-0.05, 0) is 28.9 Å². The van der Waals surface area contributed by atoms with Crippen molar-refractivity contribution in [1.29, 1.82) is 0 Å². The number of rotatable bonds is 4. The van der Waals surface area contributed by atoms with Crippen molar-refractivity contribution in [1.82, 2.24) is 4.98 Å². The van der Waals surface area contributed by atoms with Gasteiger partial charge in [-0.1, -0.05) is 0 Å². The Balaban J connectivity index is 2.56. The van der Waals surface area contributed by atoms with Crippen LogP contribution in [0, 0.1) is 6.92 Å². The third-order valence-electron chi connectivity index (χ3n) is 1.54. The van der Waals surface area contributed by atoms with Gasteiger partial charge in [0.2, 0.25) is 5.88 Å². The summed E-state index contributed by atoms with van der Waals surface area (Å²) in [5.74, 6) is 0.636. The zero-order valence-corrected chi connectivity index (χ0v) is 9.04. The van der Waals surface area contributed by atoms with E-state index in [0.29, 0.717) is 18.9 Å². The van der Waals surface area contributed by atoms with Crippen LogP contribution < -0.4 is 4.74 Å². The van der Waals surface area contributed by atoms with Gasteiger partial charge in [-0.2, -0.15) is 0 Å². The van der Waals surface area contributed by atoms with Crippen LogP contribution >= 0.6 is 15.9 Å². The van der Waals surface area contributed by atoms with E-state index >= 15 is 0 Å². The van der Waals surface area contributed by atoms with E-state index in [1.54, 1.807) is 6.20 Å². The number of hydrogen-bond donors (Lipinski definition) is 1. The number of aliphatic hydroxyl groups excluding tert-OH is 1. The van der Waals surface area contributed by atoms with Crippen LogP contribution in [0.25, 0.3) is 0 Å². The monoisotopic (exact) mass is 245 g/mol. The quantitative estimate of drug-likeness (QED) is 0.825. The molecule has 1 rings (SSSR count). The van der Waals surface area contributed by atoms with Gasteiger partial charge in [0.25, 0.3) is 0 Å². The van der Waals surface area contributed by atoms with Crippen molar-refractivity contribution >= 4 is 15.9 Å². The lowest BCUT2D eigenvalue weighted by Gasteiger charge is -2.06. The van der Waals surface area contributed by atoms with Gasteiger partial charge in [0.1, 0.15) is 0 Å². The van der Waals surface area contributed by atoms with Crippen LogP contribution in [0.1, 0.15) is 12.0 Å². The van der Waals surface area contributed by atoms with Gasteiger partial charge in [0, 0.05) is 29.3 Å². The van der Waals surface area contributed by atoms with Gasteiger partial charge in [0.15, 0.2) is 0 Å². The normalized spacial score (nSPS) is 10.1. The second kappa shape index (κ2) is 5.19. The van der Waals surface area contributed by atoms with Crippen LogP contribution in [0.3, 0.4) is 0 Å². The molecule has 4 heteroatoms. The molecule has 0 fully saturated rings. The van der Waals surface area contributed by atoms with Crippen LogP contribution in [-0.2, 0) is 0 Å². The third kappa shape index (κ3) is 3.32. The highest BCUT2D eigenvalue weighted by Gasteiger charge is 2.00. The summed E-state index contributed by atoms with van der Waals surface area (Å²) in [5, 5.41) is 8.55. The Labute approximate surface area is 85.9 Å². The molecule has 1 aromatic heterocycles. The Bertz CT molecular complexity index is 278. The summed E-state index contributed by atoms with van der Waals surface area (Å²) in [6, 6.07) is 1.95. The van der Waals surface area contributed by atoms with Crippen LogP contribution in [0.2, 0.25) is 0 Å². The Morgan fingerprint density at radius 2 is 2.38 bits per heavy atom. The molecule has 3 nitrogen and oxygen atoms in total. The molecule has 0 saturated heterocycles. The van der Waals surface area contributed by atoms with E-state index in [1.165, 1.54) is 0 Å². The third-order valence-corrected chi connectivity index (χ3v) is 1.97. The van der Waals surface area contributed by atoms with E-state index in [-0.39, 0.29) is 6.61 Å². The Morgan fingerprint density at radius 1 is 1.62 bits per heavy atom. The average molecular weight is 246 g/mol. The summed E-state index contributed by atoms with van der Waals surface area (Å²) < 4.78 is 6.28. The molecule has 0 bridgehead atoms. The largest absolute Gasteiger partial charge is 0.477 e. The molecular formula is C9H12BrNO2. The summed E-state index contributed by atoms with van der Waals surface area (Å²) >= 11 is 3.32. The number of halogens is 1. The van der Waals surface area contributed by atoms with Crippen LogP contribution in [-0.4, -0.2) is 23.3 Å². The molecule has 0 aliphatic heterocycles. The number of aryl methyl sites for hydroxylation is 1. The minimum absolute atomic E-state index is 0.148. The number of aromatic nitrogens is 1. The molecule has 13 heavy (non-hydrogen) atoms. The topological polar surface area (TPSA) is 42.4 Å². The highest BCUT2D eigenvalue weighted by molar-refractivity contribution is 9.10. The lowest BCUT2D eigenvalue weighted by atomic mass is 10.3. The minimum Gasteiger partial charge on any atom is -0.477 e. The van der Waals surface area contributed by atoms with E-state index < -0.39 is 0 Å². The summed E-state index contributed by atoms with van der Waals surface area (Å²) in [5.41, 5.74) is 0.993. The van der Waals surface area contributed by atoms with Crippen molar-refractivity contribution in [3.8, 4) is 5.88 Å². The molecule has 72 valence electrons. The van der Waals surface area contributed by atoms with Gasteiger partial charge < -0.3 is 9.84 Å². The first-order chi connectivity index (χ1) is 6.24. The smallest absolute Gasteiger partial charge is 0.216 e. The predicted molar refractivity (Wildman–Crippen MR) is 53.9 cm³/mol. The van der Waals surface area contributed by atoms with E-state index in [0.717, 1.165) is 10.0 Å². The first-order valence-corrected chi connectivity index (χ1v) is 4.89. The Morgan fingerprint density at radius 3 is 3.00 bits per heavy atom. The van der Waals surface area contributed by atoms with E-state index in [2.05, 4.69) is 20.9 Å². The molecule has 0 aliphatic carbocycles. The SMILES string of the molecule is Cc1cc(Br)cnc1OCCCO. The Hall–Kier alpha value is -0.610. The molecule has 1 aromatic rings. The molecule has 1 heterocycles. The number of pyridine rings is 1. The molecule has 1 N–H and O–H groups in total. The van der Waals surface area contributed by atoms with Crippen LogP contribution in [0.5, 0.6) is 5.88 Å². The number of nitrogens with zero attached hydrogens (tertiary/aromatic N) is 1. The zero-order chi connectivity index (χ0) is 9.68. The molecule has 0 aliphatic rings. The van der Waals surface area contributed by atoms with Crippen molar-refractivity contribution in [3.63, 3.8) is 0 Å². The first kappa shape index (κ1) is 10.5. The molecule has 0 spiro atoms. The number of ether oxygens (including phenoxy) is 1. The van der Waals surface area contributed by atoms with Crippen molar-refractivity contribution < 1.29 is 9.84 Å². The van der Waals surface area contributed by atoms with Gasteiger partial charge in [-0.25, -0.2) is 4.98 Å². The van der Waals surface area contributed by atoms with Crippen molar-refractivity contribution in [2.45, 2.75) is 13.3 Å². The van der Waals surface area contributed by atoms with Crippen LogP contribution in [0.15, 0.2) is 16.7 Å². The maximum absolute atomic E-state index is 8.55. The zero-order valence-electron chi connectivity index (χ0n) is 7.46. The van der Waals surface area contributed by atoms with Crippen LogP contribution in [0.4, 0.5) is 0 Å². The van der Waals surface area contributed by atoms with Crippen molar-refractivity contribution in [2.24, 2.45) is 0 Å². The lowest BCUT2D eigenvalue weighted by molar-refractivity contribution is 0.228. The fraction of sp³-hybridized carbons (Fsp3) is 0.444. The number of aliphatic hydroxyl groups is 1. The van der Waals surface area contributed by atoms with Gasteiger partial charge in [-0.15, -0.1) is 0 Å². The lowest BCUT2D eigenvalue weighted by Crippen LogP contribution is -2.02. The van der Waals surface area contributed by atoms with Gasteiger partial charge in [-0.3, -0.25) is 0 Å². The molecular weight excluding hydrogens is 234 g/mol. The van der Waals surface area contributed by atoms with E-state index in [9.17, 15) is 0 Å². The molecule has 0 atom stereocenters. The van der Waals surface area contributed by atoms with Gasteiger partial charge in [0.05, 0.1) is 6.61 Å². The molecule has 0 saturated carbocycles. The maximum Gasteiger partial charge on any atom is 0.216 e. The number of hydrogen-bond acceptors (Lipinski definition) is 3. The molecule has 0 unspecified atom stereocenters. The standard InChI is InChI=1S/C9H12BrNO2/c1-7-5-8(10)6-11-9(7)13-4-2-3-12/h5-6,12H,2-4H2,1H3. The summed E-state index contributed by atoms with van der Waals surface area (Å²) in [4.78, 5) is 4.10. The predicted octanol–water partition coefficient (Wildman–Crippen LogP) is 1.91. The van der Waals surface area contributed by atoms with E-state index in [4.69, 9.17) is 9.84 Å². The minimum atomic E-state index is 0.148. The summed E-state index contributed by atoms with van der Waals surface area (Å²) in [6.07, 6.45) is 2.33. The average Bonchev–Trinajstić information content (AvgIpc) is 2.09. The highest BCUT2D eigenvalue weighted by atomic mass is 79.9. The Kier molecular flexibility index (Phi) is 4.18. The fourth-order valence-electron chi connectivity index (χ4n) is 0.912. The second-order valence-electron chi connectivity index (χ2n) is 2.70. The maximum atomic E-state index is 8.55. The van der Waals surface area contributed by atoms with E-state index in [1.807, 2.05) is 13.0 Å². The summed E-state index contributed by atoms with van der Waals surface area (Å²) in [7, 11) is 0. The fourth-order valence-corrected chi connectivity index (χ4v) is 1.36. The second-order valence-corrected chi connectivity index (χ2v) is 3.62. The first-order valence-electron chi connectivity index (χ1n) is 4.10. The molecule has 0 radical (unpaired) electrons.